The Morgan fingerprint density at radius 1 is 1.33 bits per heavy atom. The van der Waals surface area contributed by atoms with Crippen LogP contribution in [-0.2, 0) is 14.3 Å². The molecule has 0 bridgehead atoms. The summed E-state index contributed by atoms with van der Waals surface area (Å²) >= 11 is 0. The van der Waals surface area contributed by atoms with Gasteiger partial charge >= 0.3 is 5.97 Å². The average molecular weight is 298 g/mol. The van der Waals surface area contributed by atoms with Crippen LogP contribution in [0.2, 0.25) is 0 Å². The van der Waals surface area contributed by atoms with E-state index in [2.05, 4.69) is 17.1 Å². The second-order valence-electron chi connectivity index (χ2n) is 6.11. The van der Waals surface area contributed by atoms with Gasteiger partial charge in [-0.3, -0.25) is 10.1 Å². The molecule has 2 heterocycles. The number of hydrogen-bond donors (Lipinski definition) is 1. The lowest BCUT2D eigenvalue weighted by atomic mass is 9.90. The lowest BCUT2D eigenvalue weighted by molar-refractivity contribution is -0.152. The van der Waals surface area contributed by atoms with Gasteiger partial charge in [-0.2, -0.15) is 0 Å². The molecular weight excluding hydrogens is 268 g/mol. The number of nitrogens with zero attached hydrogens (tertiary/aromatic N) is 1. The summed E-state index contributed by atoms with van der Waals surface area (Å²) in [6.45, 7) is 9.17. The summed E-state index contributed by atoms with van der Waals surface area (Å²) in [5.74, 6) is -0.0825. The van der Waals surface area contributed by atoms with Crippen LogP contribution in [0.5, 0.6) is 0 Å². The van der Waals surface area contributed by atoms with Gasteiger partial charge in [0, 0.05) is 19.7 Å². The molecular formula is C16H30N2O3. The number of ether oxygens (including phenoxy) is 2. The number of rotatable bonds is 6. The molecule has 21 heavy (non-hydrogen) atoms. The van der Waals surface area contributed by atoms with Gasteiger partial charge in [-0.1, -0.05) is 6.92 Å². The molecule has 0 aromatic carbocycles. The van der Waals surface area contributed by atoms with Crippen molar-refractivity contribution in [2.24, 2.45) is 0 Å². The molecule has 0 radical (unpaired) electrons. The Hall–Kier alpha value is -0.650. The topological polar surface area (TPSA) is 50.8 Å². The van der Waals surface area contributed by atoms with E-state index in [1.54, 1.807) is 0 Å². The summed E-state index contributed by atoms with van der Waals surface area (Å²) in [6, 6.07) is 0. The van der Waals surface area contributed by atoms with Gasteiger partial charge in [0.1, 0.15) is 5.54 Å². The quantitative estimate of drug-likeness (QED) is 0.754. The monoisotopic (exact) mass is 298 g/mol. The molecule has 2 saturated heterocycles. The zero-order chi connectivity index (χ0) is 15.1. The second kappa shape index (κ2) is 8.11. The van der Waals surface area contributed by atoms with E-state index >= 15 is 0 Å². The summed E-state index contributed by atoms with van der Waals surface area (Å²) in [5, 5.41) is 3.52. The summed E-state index contributed by atoms with van der Waals surface area (Å²) < 4.78 is 11.0. The largest absolute Gasteiger partial charge is 0.465 e. The minimum atomic E-state index is -0.522. The van der Waals surface area contributed by atoms with Crippen molar-refractivity contribution < 1.29 is 14.3 Å². The van der Waals surface area contributed by atoms with Crippen LogP contribution in [0.15, 0.2) is 0 Å². The maximum Gasteiger partial charge on any atom is 0.326 e. The lowest BCUT2D eigenvalue weighted by Crippen LogP contribution is -2.55. The van der Waals surface area contributed by atoms with Crippen LogP contribution in [0.3, 0.4) is 0 Å². The van der Waals surface area contributed by atoms with Crippen molar-refractivity contribution in [1.29, 1.82) is 0 Å². The third-order valence-corrected chi connectivity index (χ3v) is 4.74. The first-order chi connectivity index (χ1) is 10.2. The van der Waals surface area contributed by atoms with E-state index < -0.39 is 5.54 Å². The number of likely N-dealkylation sites (tertiary alicyclic amines) is 1. The van der Waals surface area contributed by atoms with Crippen LogP contribution < -0.4 is 5.32 Å². The van der Waals surface area contributed by atoms with E-state index in [9.17, 15) is 4.79 Å². The van der Waals surface area contributed by atoms with Crippen LogP contribution in [0.1, 0.15) is 46.0 Å². The third kappa shape index (κ3) is 4.41. The predicted octanol–water partition coefficient (Wildman–Crippen LogP) is 1.56. The number of nitrogens with one attached hydrogen (secondary N) is 1. The molecule has 2 aliphatic heterocycles. The summed E-state index contributed by atoms with van der Waals surface area (Å²) in [4.78, 5) is 14.9. The number of carbonyl (C=O) groups is 1. The van der Waals surface area contributed by atoms with Crippen LogP contribution in [0.4, 0.5) is 0 Å². The summed E-state index contributed by atoms with van der Waals surface area (Å²) in [6.07, 6.45) is 5.18. The summed E-state index contributed by atoms with van der Waals surface area (Å²) in [5.41, 5.74) is -0.522. The van der Waals surface area contributed by atoms with E-state index in [0.29, 0.717) is 6.61 Å². The molecule has 2 rings (SSSR count). The number of hydrogen-bond acceptors (Lipinski definition) is 5. The molecule has 2 fully saturated rings. The Kier molecular flexibility index (Phi) is 6.45. The smallest absolute Gasteiger partial charge is 0.326 e. The van der Waals surface area contributed by atoms with Crippen LogP contribution in [0, 0.1) is 0 Å². The maximum absolute atomic E-state index is 12.5. The third-order valence-electron chi connectivity index (χ3n) is 4.74. The molecule has 0 aromatic rings. The highest BCUT2D eigenvalue weighted by atomic mass is 16.5. The fourth-order valence-electron chi connectivity index (χ4n) is 3.34. The Morgan fingerprint density at radius 3 is 2.86 bits per heavy atom. The highest BCUT2D eigenvalue weighted by Gasteiger charge is 2.41. The number of esters is 1. The first kappa shape index (κ1) is 16.7. The Bertz CT molecular complexity index is 331. The van der Waals surface area contributed by atoms with Crippen LogP contribution in [0.25, 0.3) is 0 Å². The normalized spacial score (nSPS) is 31.0. The highest BCUT2D eigenvalue weighted by molar-refractivity contribution is 5.81. The maximum atomic E-state index is 12.5. The molecule has 0 amide bonds. The minimum absolute atomic E-state index is 0.0825. The molecule has 1 N–H and O–H groups in total. The van der Waals surface area contributed by atoms with Crippen molar-refractivity contribution >= 4 is 5.97 Å². The van der Waals surface area contributed by atoms with Gasteiger partial charge in [0.15, 0.2) is 0 Å². The van der Waals surface area contributed by atoms with Crippen molar-refractivity contribution in [1.82, 2.24) is 10.2 Å². The zero-order valence-corrected chi connectivity index (χ0v) is 13.5. The van der Waals surface area contributed by atoms with Crippen molar-refractivity contribution in [2.45, 2.75) is 57.6 Å². The average Bonchev–Trinajstić information content (AvgIpc) is 2.92. The van der Waals surface area contributed by atoms with Gasteiger partial charge in [0.25, 0.3) is 0 Å². The Morgan fingerprint density at radius 2 is 2.19 bits per heavy atom. The molecule has 0 aliphatic carbocycles. The van der Waals surface area contributed by atoms with Crippen molar-refractivity contribution in [3.8, 4) is 0 Å². The Labute approximate surface area is 128 Å². The van der Waals surface area contributed by atoms with Crippen LogP contribution >= 0.6 is 0 Å². The van der Waals surface area contributed by atoms with Crippen molar-refractivity contribution in [3.63, 3.8) is 0 Å². The van der Waals surface area contributed by atoms with Gasteiger partial charge in [0.2, 0.25) is 0 Å². The fraction of sp³-hybridized carbons (Fsp3) is 0.938. The summed E-state index contributed by atoms with van der Waals surface area (Å²) in [7, 11) is 0. The fourth-order valence-corrected chi connectivity index (χ4v) is 3.34. The van der Waals surface area contributed by atoms with E-state index in [0.717, 1.165) is 64.9 Å². The molecule has 0 saturated carbocycles. The van der Waals surface area contributed by atoms with Crippen molar-refractivity contribution in [3.05, 3.63) is 0 Å². The minimum Gasteiger partial charge on any atom is -0.465 e. The lowest BCUT2D eigenvalue weighted by Gasteiger charge is -2.32. The molecule has 0 spiro atoms. The molecule has 2 aliphatic rings. The van der Waals surface area contributed by atoms with E-state index in [4.69, 9.17) is 9.47 Å². The first-order valence-electron chi connectivity index (χ1n) is 8.46. The zero-order valence-electron chi connectivity index (χ0n) is 13.5. The Balaban J connectivity index is 2.00. The van der Waals surface area contributed by atoms with Gasteiger partial charge in [-0.15, -0.1) is 0 Å². The van der Waals surface area contributed by atoms with Crippen molar-refractivity contribution in [2.75, 3.05) is 39.4 Å². The predicted molar refractivity (Wildman–Crippen MR) is 82.3 cm³/mol. The number of carbonyl (C=O) groups excluding carboxylic acids is 1. The van der Waals surface area contributed by atoms with Gasteiger partial charge < -0.3 is 14.4 Å². The molecule has 122 valence electrons. The first-order valence-corrected chi connectivity index (χ1v) is 8.46. The second-order valence-corrected chi connectivity index (χ2v) is 6.11. The molecule has 2 unspecified atom stereocenters. The van der Waals surface area contributed by atoms with Gasteiger partial charge in [-0.25, -0.2) is 0 Å². The molecule has 5 heteroatoms. The van der Waals surface area contributed by atoms with E-state index in [-0.39, 0.29) is 12.1 Å². The van der Waals surface area contributed by atoms with Crippen LogP contribution in [-0.4, -0.2) is 61.9 Å². The van der Waals surface area contributed by atoms with Gasteiger partial charge in [0.05, 0.1) is 12.7 Å². The molecule has 2 atom stereocenters. The molecule has 5 nitrogen and oxygen atoms in total. The van der Waals surface area contributed by atoms with E-state index in [1.165, 1.54) is 0 Å². The molecule has 0 aromatic heterocycles. The van der Waals surface area contributed by atoms with E-state index in [1.807, 2.05) is 6.92 Å². The van der Waals surface area contributed by atoms with Gasteiger partial charge in [-0.05, 0) is 52.1 Å². The standard InChI is InChI=1S/C16H30N2O3/c1-3-18-10-6-8-16(9-11-18,15(19)20-4-2)17-13-14-7-5-12-21-14/h14,17H,3-13H2,1-2H3. The SMILES string of the molecule is CCOC(=O)C1(NCC2CCCO2)CCCN(CC)CC1. The highest BCUT2D eigenvalue weighted by Crippen LogP contribution is 2.25.